The Hall–Kier alpha value is -1.11. The van der Waals surface area contributed by atoms with Crippen LogP contribution in [-0.2, 0) is 6.61 Å². The van der Waals surface area contributed by atoms with Crippen molar-refractivity contribution in [1.82, 2.24) is 4.98 Å². The van der Waals surface area contributed by atoms with E-state index in [0.717, 1.165) is 14.4 Å². The lowest BCUT2D eigenvalue weighted by atomic mass is 10.1. The lowest BCUT2D eigenvalue weighted by Gasteiger charge is -2.11. The van der Waals surface area contributed by atoms with Gasteiger partial charge in [-0.05, 0) is 28.1 Å². The molecular formula is C12H12BrNO3S. The summed E-state index contributed by atoms with van der Waals surface area (Å²) in [6.45, 7) is -0.0566. The zero-order valence-electron chi connectivity index (χ0n) is 9.94. The lowest BCUT2D eigenvalue weighted by molar-refractivity contribution is 0.285. The standard InChI is InChI=1S/C12H12BrNO3S/c1-16-8-5-3-4-7(11(8)17-2)10-9(6-15)18-12(13)14-10/h3-5,15H,6H2,1-2H3. The van der Waals surface area contributed by atoms with Crippen LogP contribution in [0.4, 0.5) is 0 Å². The lowest BCUT2D eigenvalue weighted by Crippen LogP contribution is -1.94. The predicted octanol–water partition coefficient (Wildman–Crippen LogP) is 3.08. The second-order valence-electron chi connectivity index (χ2n) is 3.44. The SMILES string of the molecule is COc1cccc(-c2nc(Br)sc2CO)c1OC. The van der Waals surface area contributed by atoms with E-state index in [-0.39, 0.29) is 6.61 Å². The van der Waals surface area contributed by atoms with Crippen LogP contribution in [0.15, 0.2) is 22.1 Å². The highest BCUT2D eigenvalue weighted by Crippen LogP contribution is 2.40. The van der Waals surface area contributed by atoms with Crippen LogP contribution in [0.3, 0.4) is 0 Å². The van der Waals surface area contributed by atoms with Gasteiger partial charge in [-0.25, -0.2) is 4.98 Å². The van der Waals surface area contributed by atoms with Gasteiger partial charge in [-0.2, -0.15) is 0 Å². The monoisotopic (exact) mass is 329 g/mol. The van der Waals surface area contributed by atoms with Gasteiger partial charge in [0.15, 0.2) is 15.4 Å². The summed E-state index contributed by atoms with van der Waals surface area (Å²) in [7, 11) is 3.17. The van der Waals surface area contributed by atoms with Crippen LogP contribution in [0.5, 0.6) is 11.5 Å². The number of nitrogens with zero attached hydrogens (tertiary/aromatic N) is 1. The molecule has 1 N–H and O–H groups in total. The molecule has 0 aliphatic carbocycles. The van der Waals surface area contributed by atoms with Gasteiger partial charge in [0.2, 0.25) is 0 Å². The number of hydrogen-bond acceptors (Lipinski definition) is 5. The smallest absolute Gasteiger partial charge is 0.170 e. The van der Waals surface area contributed by atoms with Crippen molar-refractivity contribution >= 4 is 27.3 Å². The van der Waals surface area contributed by atoms with Gasteiger partial charge in [0, 0.05) is 5.56 Å². The Morgan fingerprint density at radius 1 is 1.33 bits per heavy atom. The molecule has 2 aromatic rings. The minimum Gasteiger partial charge on any atom is -0.493 e. The molecule has 0 aliphatic heterocycles. The van der Waals surface area contributed by atoms with Gasteiger partial charge in [0.1, 0.15) is 0 Å². The average Bonchev–Trinajstić information content (AvgIpc) is 2.78. The number of halogens is 1. The van der Waals surface area contributed by atoms with Crippen LogP contribution in [0, 0.1) is 0 Å². The molecule has 96 valence electrons. The van der Waals surface area contributed by atoms with E-state index in [4.69, 9.17) is 9.47 Å². The Kier molecular flexibility index (Phi) is 4.21. The molecule has 0 amide bonds. The molecule has 0 atom stereocenters. The molecule has 1 aromatic heterocycles. The molecule has 0 aliphatic rings. The molecule has 0 bridgehead atoms. The molecule has 0 saturated heterocycles. The summed E-state index contributed by atoms with van der Waals surface area (Å²) in [4.78, 5) is 5.16. The number of aromatic nitrogens is 1. The highest BCUT2D eigenvalue weighted by atomic mass is 79.9. The fourth-order valence-electron chi connectivity index (χ4n) is 1.71. The summed E-state index contributed by atoms with van der Waals surface area (Å²) >= 11 is 4.73. The van der Waals surface area contributed by atoms with Crippen molar-refractivity contribution in [3.8, 4) is 22.8 Å². The summed E-state index contributed by atoms with van der Waals surface area (Å²) < 4.78 is 11.4. The quantitative estimate of drug-likeness (QED) is 0.936. The van der Waals surface area contributed by atoms with Crippen molar-refractivity contribution in [1.29, 1.82) is 0 Å². The predicted molar refractivity (Wildman–Crippen MR) is 74.3 cm³/mol. The zero-order chi connectivity index (χ0) is 13.1. The second-order valence-corrected chi connectivity index (χ2v) is 5.80. The first-order valence-electron chi connectivity index (χ1n) is 5.18. The minimum atomic E-state index is -0.0566. The van der Waals surface area contributed by atoms with E-state index in [0.29, 0.717) is 17.2 Å². The van der Waals surface area contributed by atoms with E-state index in [1.54, 1.807) is 14.2 Å². The highest BCUT2D eigenvalue weighted by Gasteiger charge is 2.17. The van der Waals surface area contributed by atoms with E-state index in [1.807, 2.05) is 18.2 Å². The van der Waals surface area contributed by atoms with Crippen LogP contribution < -0.4 is 9.47 Å². The van der Waals surface area contributed by atoms with Gasteiger partial charge in [-0.3, -0.25) is 0 Å². The summed E-state index contributed by atoms with van der Waals surface area (Å²) in [6.07, 6.45) is 0. The molecule has 4 nitrogen and oxygen atoms in total. The van der Waals surface area contributed by atoms with E-state index >= 15 is 0 Å². The van der Waals surface area contributed by atoms with Gasteiger partial charge < -0.3 is 14.6 Å². The maximum absolute atomic E-state index is 9.36. The third-order valence-corrected chi connectivity index (χ3v) is 3.96. The average molecular weight is 330 g/mol. The zero-order valence-corrected chi connectivity index (χ0v) is 12.3. The molecule has 1 heterocycles. The van der Waals surface area contributed by atoms with Gasteiger partial charge in [0.05, 0.1) is 31.4 Å². The first-order chi connectivity index (χ1) is 8.71. The van der Waals surface area contributed by atoms with Crippen molar-refractivity contribution < 1.29 is 14.6 Å². The number of rotatable bonds is 4. The molecule has 0 unspecified atom stereocenters. The number of thiazole rings is 1. The van der Waals surface area contributed by atoms with Crippen molar-refractivity contribution in [2.75, 3.05) is 14.2 Å². The number of benzene rings is 1. The fourth-order valence-corrected chi connectivity index (χ4v) is 3.13. The van der Waals surface area contributed by atoms with Crippen LogP contribution >= 0.6 is 27.3 Å². The van der Waals surface area contributed by atoms with Gasteiger partial charge in [-0.15, -0.1) is 11.3 Å². The largest absolute Gasteiger partial charge is 0.493 e. The molecule has 0 radical (unpaired) electrons. The number of methoxy groups -OCH3 is 2. The maximum Gasteiger partial charge on any atom is 0.170 e. The molecule has 0 saturated carbocycles. The Bertz CT molecular complexity index is 556. The Labute approximate surface area is 117 Å². The maximum atomic E-state index is 9.36. The number of ether oxygens (including phenoxy) is 2. The summed E-state index contributed by atoms with van der Waals surface area (Å²) in [6, 6.07) is 5.58. The third kappa shape index (κ3) is 2.36. The van der Waals surface area contributed by atoms with Crippen LogP contribution in [-0.4, -0.2) is 24.3 Å². The first kappa shape index (κ1) is 13.3. The summed E-state index contributed by atoms with van der Waals surface area (Å²) in [5.41, 5.74) is 1.52. The van der Waals surface area contributed by atoms with E-state index in [1.165, 1.54) is 11.3 Å². The molecule has 0 fully saturated rings. The highest BCUT2D eigenvalue weighted by molar-refractivity contribution is 9.11. The van der Waals surface area contributed by atoms with Gasteiger partial charge in [-0.1, -0.05) is 6.07 Å². The molecular weight excluding hydrogens is 318 g/mol. The van der Waals surface area contributed by atoms with E-state index in [2.05, 4.69) is 20.9 Å². The Morgan fingerprint density at radius 3 is 2.72 bits per heavy atom. The third-order valence-electron chi connectivity index (χ3n) is 2.47. The molecule has 2 rings (SSSR count). The normalized spacial score (nSPS) is 10.4. The van der Waals surface area contributed by atoms with Gasteiger partial charge in [0.25, 0.3) is 0 Å². The summed E-state index contributed by atoms with van der Waals surface area (Å²) in [5, 5.41) is 9.36. The van der Waals surface area contributed by atoms with E-state index < -0.39 is 0 Å². The van der Waals surface area contributed by atoms with Crippen molar-refractivity contribution in [3.05, 3.63) is 27.0 Å². The summed E-state index contributed by atoms with van der Waals surface area (Å²) in [5.74, 6) is 1.26. The molecule has 18 heavy (non-hydrogen) atoms. The van der Waals surface area contributed by atoms with Crippen molar-refractivity contribution in [2.45, 2.75) is 6.61 Å². The van der Waals surface area contributed by atoms with Crippen LogP contribution in [0.1, 0.15) is 4.88 Å². The molecule has 1 aromatic carbocycles. The van der Waals surface area contributed by atoms with E-state index in [9.17, 15) is 5.11 Å². The second kappa shape index (κ2) is 5.69. The molecule has 0 spiro atoms. The number of hydrogen-bond donors (Lipinski definition) is 1. The number of para-hydroxylation sites is 1. The number of aliphatic hydroxyl groups is 1. The molecule has 6 heteroatoms. The fraction of sp³-hybridized carbons (Fsp3) is 0.250. The number of aliphatic hydroxyl groups excluding tert-OH is 1. The first-order valence-corrected chi connectivity index (χ1v) is 6.79. The van der Waals surface area contributed by atoms with Crippen LogP contribution in [0.2, 0.25) is 0 Å². The topological polar surface area (TPSA) is 51.6 Å². The van der Waals surface area contributed by atoms with Gasteiger partial charge >= 0.3 is 0 Å². The van der Waals surface area contributed by atoms with Crippen molar-refractivity contribution in [2.24, 2.45) is 0 Å². The Morgan fingerprint density at radius 2 is 2.11 bits per heavy atom. The van der Waals surface area contributed by atoms with Crippen LogP contribution in [0.25, 0.3) is 11.3 Å². The Balaban J connectivity index is 2.62. The minimum absolute atomic E-state index is 0.0566. The van der Waals surface area contributed by atoms with Crippen molar-refractivity contribution in [3.63, 3.8) is 0 Å².